The molecule has 2 aromatic carbocycles. The van der Waals surface area contributed by atoms with Gasteiger partial charge < -0.3 is 21.3 Å². The summed E-state index contributed by atoms with van der Waals surface area (Å²) in [4.78, 5) is 4.99. The number of benzene rings is 2. The van der Waals surface area contributed by atoms with Crippen LogP contribution in [0.1, 0.15) is 11.1 Å². The van der Waals surface area contributed by atoms with Crippen LogP contribution in [0.15, 0.2) is 144 Å². The van der Waals surface area contributed by atoms with Gasteiger partial charge >= 0.3 is 0 Å². The van der Waals surface area contributed by atoms with Crippen molar-refractivity contribution in [2.75, 3.05) is 52.4 Å². The summed E-state index contributed by atoms with van der Waals surface area (Å²) in [7, 11) is 0. The van der Waals surface area contributed by atoms with E-state index in [0.29, 0.717) is 0 Å². The summed E-state index contributed by atoms with van der Waals surface area (Å²) in [5, 5.41) is 14.1. The van der Waals surface area contributed by atoms with Crippen LogP contribution in [0, 0.1) is 0 Å². The molecule has 0 saturated carbocycles. The highest BCUT2D eigenvalue weighted by molar-refractivity contribution is 5.64. The van der Waals surface area contributed by atoms with Gasteiger partial charge in [-0.25, -0.2) is 0 Å². The van der Waals surface area contributed by atoms with Crippen molar-refractivity contribution in [2.24, 2.45) is 0 Å². The zero-order valence-corrected chi connectivity index (χ0v) is 25.5. The maximum atomic E-state index is 3.52. The number of hydrogen-bond donors (Lipinski definition) is 4. The molecule has 44 heavy (non-hydrogen) atoms. The molecule has 0 unspecified atom stereocenters. The minimum absolute atomic E-state index is 0.890. The normalized spacial score (nSPS) is 17.2. The van der Waals surface area contributed by atoms with E-state index in [0.717, 1.165) is 65.4 Å². The Morgan fingerprint density at radius 1 is 0.386 bits per heavy atom. The largest absolute Gasteiger partial charge is 0.384 e. The summed E-state index contributed by atoms with van der Waals surface area (Å²) >= 11 is 0. The van der Waals surface area contributed by atoms with Gasteiger partial charge in [-0.2, -0.15) is 0 Å². The third-order valence-corrected chi connectivity index (χ3v) is 8.15. The van der Waals surface area contributed by atoms with Crippen LogP contribution in [-0.2, 0) is 13.1 Å². The van der Waals surface area contributed by atoms with Crippen LogP contribution in [0.25, 0.3) is 11.1 Å². The second-order valence-corrected chi connectivity index (χ2v) is 11.7. The van der Waals surface area contributed by atoms with Crippen LogP contribution < -0.4 is 21.3 Å². The lowest BCUT2D eigenvalue weighted by Gasteiger charge is -2.27. The summed E-state index contributed by atoms with van der Waals surface area (Å²) in [6, 6.07) is 18.2. The van der Waals surface area contributed by atoms with E-state index >= 15 is 0 Å². The van der Waals surface area contributed by atoms with Gasteiger partial charge in [0.15, 0.2) is 0 Å². The molecular weight excluding hydrogens is 540 g/mol. The van der Waals surface area contributed by atoms with Gasteiger partial charge in [0.2, 0.25) is 0 Å². The van der Waals surface area contributed by atoms with E-state index in [1.165, 1.54) is 45.0 Å². The highest BCUT2D eigenvalue weighted by atomic mass is 15.2. The predicted molar refractivity (Wildman–Crippen MR) is 183 cm³/mol. The minimum Gasteiger partial charge on any atom is -0.384 e. The summed E-state index contributed by atoms with van der Waals surface area (Å²) in [6.07, 6.45) is 26.0. The van der Waals surface area contributed by atoms with Crippen molar-refractivity contribution in [2.45, 2.75) is 13.1 Å². The Hall–Kier alpha value is -4.52. The van der Waals surface area contributed by atoms with Gasteiger partial charge in [-0.05, 0) is 46.6 Å². The van der Waals surface area contributed by atoms with Gasteiger partial charge in [0, 0.05) is 88.2 Å². The molecule has 6 heteroatoms. The molecule has 0 amide bonds. The molecule has 4 aliphatic heterocycles. The van der Waals surface area contributed by atoms with Crippen molar-refractivity contribution >= 4 is 0 Å². The maximum Gasteiger partial charge on any atom is 0.0389 e. The number of nitrogens with zero attached hydrogens (tertiary/aromatic N) is 2. The Kier molecular flexibility index (Phi) is 10.3. The van der Waals surface area contributed by atoms with Crippen molar-refractivity contribution < 1.29 is 0 Å². The first-order valence-electron chi connectivity index (χ1n) is 15.8. The molecule has 4 N–H and O–H groups in total. The van der Waals surface area contributed by atoms with Gasteiger partial charge in [0.25, 0.3) is 0 Å². The quantitative estimate of drug-likeness (QED) is 0.262. The van der Waals surface area contributed by atoms with Crippen molar-refractivity contribution in [1.82, 2.24) is 31.1 Å². The van der Waals surface area contributed by atoms with E-state index in [2.05, 4.69) is 153 Å². The SMILES string of the molecule is C1=CCNC(CN(CC2=CC=CCN2)Cc2ccc(-c3ccc(CN(CC4=CC=CCN4)CC4=CC=CCN4)cc3)cc2)=C1. The number of hydrogen-bond acceptors (Lipinski definition) is 6. The number of dihydropyridines is 4. The Balaban J connectivity index is 1.10. The van der Waals surface area contributed by atoms with E-state index in [1.54, 1.807) is 0 Å². The lowest BCUT2D eigenvalue weighted by Crippen LogP contribution is -2.35. The van der Waals surface area contributed by atoms with Gasteiger partial charge in [-0.3, -0.25) is 9.80 Å². The summed E-state index contributed by atoms with van der Waals surface area (Å²) < 4.78 is 0. The molecule has 0 aliphatic carbocycles. The third kappa shape index (κ3) is 8.75. The van der Waals surface area contributed by atoms with Crippen molar-refractivity contribution in [3.05, 3.63) is 155 Å². The van der Waals surface area contributed by atoms with Crippen LogP contribution in [0.2, 0.25) is 0 Å². The summed E-state index contributed by atoms with van der Waals surface area (Å²) in [6.45, 7) is 8.93. The van der Waals surface area contributed by atoms with Gasteiger partial charge in [0.1, 0.15) is 0 Å². The van der Waals surface area contributed by atoms with Crippen LogP contribution >= 0.6 is 0 Å². The first kappa shape index (κ1) is 29.5. The minimum atomic E-state index is 0.890. The zero-order valence-electron chi connectivity index (χ0n) is 25.5. The molecule has 6 nitrogen and oxygen atoms in total. The van der Waals surface area contributed by atoms with E-state index in [1.807, 2.05) is 0 Å². The molecule has 4 aliphatic rings. The molecule has 2 aromatic rings. The van der Waals surface area contributed by atoms with Crippen molar-refractivity contribution in [3.8, 4) is 11.1 Å². The lowest BCUT2D eigenvalue weighted by molar-refractivity contribution is 0.301. The Labute approximate surface area is 262 Å². The predicted octanol–water partition coefficient (Wildman–Crippen LogP) is 5.13. The van der Waals surface area contributed by atoms with Gasteiger partial charge in [-0.1, -0.05) is 97.1 Å². The summed E-state index contributed by atoms with van der Waals surface area (Å²) in [5.74, 6) is 0. The fraction of sp³-hybridized carbons (Fsp3) is 0.263. The second-order valence-electron chi connectivity index (χ2n) is 11.7. The fourth-order valence-corrected chi connectivity index (χ4v) is 5.86. The Morgan fingerprint density at radius 2 is 0.682 bits per heavy atom. The van der Waals surface area contributed by atoms with E-state index in [9.17, 15) is 0 Å². The van der Waals surface area contributed by atoms with Crippen molar-refractivity contribution in [1.29, 1.82) is 0 Å². The molecule has 0 atom stereocenters. The second kappa shape index (κ2) is 15.3. The Bertz CT molecular complexity index is 1320. The zero-order chi connectivity index (χ0) is 29.8. The number of rotatable bonds is 13. The highest BCUT2D eigenvalue weighted by Gasteiger charge is 2.14. The molecule has 0 aromatic heterocycles. The monoisotopic (exact) mass is 584 g/mol. The average molecular weight is 585 g/mol. The van der Waals surface area contributed by atoms with Crippen LogP contribution in [0.3, 0.4) is 0 Å². The highest BCUT2D eigenvalue weighted by Crippen LogP contribution is 2.22. The average Bonchev–Trinajstić information content (AvgIpc) is 3.07. The lowest BCUT2D eigenvalue weighted by atomic mass is 10.0. The van der Waals surface area contributed by atoms with Crippen molar-refractivity contribution in [3.63, 3.8) is 0 Å². The van der Waals surface area contributed by atoms with Gasteiger partial charge in [-0.15, -0.1) is 0 Å². The smallest absolute Gasteiger partial charge is 0.0389 e. The number of nitrogens with one attached hydrogen (secondary N) is 4. The first-order valence-corrected chi connectivity index (χ1v) is 15.8. The molecule has 0 spiro atoms. The standard InChI is InChI=1S/C38H44N6/c1-5-21-39-35(9-1)27-43(28-36-10-2-6-22-40-36)25-31-13-17-33(18-14-31)34-19-15-32(16-20-34)26-44(29-37-11-3-7-23-41-37)30-38-12-4-8-24-42-38/h1-20,39-42H,21-30H2. The fourth-order valence-electron chi connectivity index (χ4n) is 5.86. The topological polar surface area (TPSA) is 54.6 Å². The number of allylic oxidation sites excluding steroid dienone is 8. The summed E-state index contributed by atoms with van der Waals surface area (Å²) in [5.41, 5.74) is 10.2. The Morgan fingerprint density at radius 3 is 0.932 bits per heavy atom. The maximum absolute atomic E-state index is 3.52. The van der Waals surface area contributed by atoms with Crippen LogP contribution in [0.5, 0.6) is 0 Å². The van der Waals surface area contributed by atoms with Crippen LogP contribution in [0.4, 0.5) is 0 Å². The van der Waals surface area contributed by atoms with E-state index in [4.69, 9.17) is 0 Å². The van der Waals surface area contributed by atoms with E-state index in [-0.39, 0.29) is 0 Å². The molecular formula is C38H44N6. The molecule has 0 bridgehead atoms. The van der Waals surface area contributed by atoms with Gasteiger partial charge in [0.05, 0.1) is 0 Å². The molecule has 4 heterocycles. The van der Waals surface area contributed by atoms with E-state index < -0.39 is 0 Å². The molecule has 0 fully saturated rings. The third-order valence-electron chi connectivity index (χ3n) is 8.15. The molecule has 0 radical (unpaired) electrons. The molecule has 0 saturated heterocycles. The first-order chi connectivity index (χ1) is 21.8. The molecule has 6 rings (SSSR count). The van der Waals surface area contributed by atoms with Crippen LogP contribution in [-0.4, -0.2) is 62.2 Å². The molecule has 226 valence electrons.